The van der Waals surface area contributed by atoms with Gasteiger partial charge in [-0.3, -0.25) is 14.5 Å². The van der Waals surface area contributed by atoms with E-state index < -0.39 is 17.7 Å². The number of nitrogens with one attached hydrogen (secondary N) is 1. The molecule has 3 aromatic carbocycles. The molecule has 180 valence electrons. The van der Waals surface area contributed by atoms with Crippen molar-refractivity contribution in [1.82, 2.24) is 4.98 Å². The van der Waals surface area contributed by atoms with Gasteiger partial charge in [-0.25, -0.2) is 0 Å². The molecule has 7 nitrogen and oxygen atoms in total. The topological polar surface area (TPSA) is 91.9 Å². The molecule has 1 saturated heterocycles. The van der Waals surface area contributed by atoms with Gasteiger partial charge in [-0.05, 0) is 61.0 Å². The third-order valence-electron chi connectivity index (χ3n) is 6.97. The second kappa shape index (κ2) is 8.30. The number of para-hydroxylation sites is 1. The number of carbonyl (C=O) groups is 2. The number of ketones is 1. The Balaban J connectivity index is 1.60. The van der Waals surface area contributed by atoms with E-state index in [1.54, 1.807) is 43.5 Å². The van der Waals surface area contributed by atoms with Gasteiger partial charge < -0.3 is 19.6 Å². The summed E-state index contributed by atoms with van der Waals surface area (Å²) in [5, 5.41) is 12.4. The number of benzene rings is 3. The Labute approximate surface area is 207 Å². The predicted octanol–water partition coefficient (Wildman–Crippen LogP) is 5.05. The summed E-state index contributed by atoms with van der Waals surface area (Å²) in [4.78, 5) is 31.9. The Morgan fingerprint density at radius 1 is 1.08 bits per heavy atom. The molecule has 0 spiro atoms. The number of aliphatic hydroxyl groups is 1. The minimum atomic E-state index is -0.820. The van der Waals surface area contributed by atoms with Crippen molar-refractivity contribution in [3.8, 4) is 11.5 Å². The summed E-state index contributed by atoms with van der Waals surface area (Å²) in [6.45, 7) is 2.49. The highest BCUT2D eigenvalue weighted by molar-refractivity contribution is 6.52. The van der Waals surface area contributed by atoms with E-state index in [0.29, 0.717) is 23.6 Å². The summed E-state index contributed by atoms with van der Waals surface area (Å²) in [7, 11) is 1.57. The molecule has 1 amide bonds. The first-order chi connectivity index (χ1) is 17.5. The number of nitrogens with zero attached hydrogens (tertiary/aromatic N) is 1. The first-order valence-electron chi connectivity index (χ1n) is 11.8. The zero-order chi connectivity index (χ0) is 25.0. The number of aliphatic hydroxyl groups excluding tert-OH is 1. The van der Waals surface area contributed by atoms with Gasteiger partial charge in [-0.15, -0.1) is 0 Å². The molecule has 0 bridgehead atoms. The quantitative estimate of drug-likeness (QED) is 0.242. The second-order valence-corrected chi connectivity index (χ2v) is 9.00. The summed E-state index contributed by atoms with van der Waals surface area (Å²) < 4.78 is 10.9. The van der Waals surface area contributed by atoms with Crippen molar-refractivity contribution < 1.29 is 24.2 Å². The van der Waals surface area contributed by atoms with Crippen LogP contribution in [0.5, 0.6) is 11.5 Å². The van der Waals surface area contributed by atoms with Crippen LogP contribution in [0.15, 0.2) is 72.3 Å². The van der Waals surface area contributed by atoms with Crippen LogP contribution in [0, 0.1) is 6.92 Å². The van der Waals surface area contributed by atoms with Crippen LogP contribution in [0.4, 0.5) is 5.69 Å². The average Bonchev–Trinajstić information content (AvgIpc) is 3.57. The lowest BCUT2D eigenvalue weighted by Crippen LogP contribution is -2.29. The van der Waals surface area contributed by atoms with Crippen molar-refractivity contribution in [2.24, 2.45) is 0 Å². The van der Waals surface area contributed by atoms with Crippen molar-refractivity contribution in [3.63, 3.8) is 0 Å². The lowest BCUT2D eigenvalue weighted by atomic mass is 9.92. The number of aromatic nitrogens is 1. The molecule has 36 heavy (non-hydrogen) atoms. The van der Waals surface area contributed by atoms with E-state index in [4.69, 9.17) is 9.47 Å². The third-order valence-corrected chi connectivity index (χ3v) is 6.97. The molecule has 3 heterocycles. The van der Waals surface area contributed by atoms with Crippen molar-refractivity contribution in [3.05, 3.63) is 94.7 Å². The van der Waals surface area contributed by atoms with Crippen LogP contribution >= 0.6 is 0 Å². The molecule has 4 aromatic rings. The minimum absolute atomic E-state index is 0.0579. The molecule has 1 unspecified atom stereocenters. The molecule has 1 aromatic heterocycles. The Morgan fingerprint density at radius 3 is 2.64 bits per heavy atom. The first-order valence-corrected chi connectivity index (χ1v) is 11.8. The van der Waals surface area contributed by atoms with Crippen LogP contribution in [-0.2, 0) is 16.0 Å². The number of aromatic amines is 1. The predicted molar refractivity (Wildman–Crippen MR) is 136 cm³/mol. The number of amides is 1. The normalized spacial score (nSPS) is 18.5. The van der Waals surface area contributed by atoms with Crippen LogP contribution in [0.2, 0.25) is 0 Å². The maximum absolute atomic E-state index is 13.5. The highest BCUT2D eigenvalue weighted by atomic mass is 16.5. The molecule has 1 fully saturated rings. The second-order valence-electron chi connectivity index (χ2n) is 9.00. The molecule has 2 N–H and O–H groups in total. The Hall–Kier alpha value is -4.52. The van der Waals surface area contributed by atoms with Crippen molar-refractivity contribution >= 4 is 34.0 Å². The van der Waals surface area contributed by atoms with Crippen LogP contribution in [0.3, 0.4) is 0 Å². The Kier molecular flexibility index (Phi) is 5.07. The molecule has 2 aliphatic rings. The van der Waals surface area contributed by atoms with Gasteiger partial charge in [0.25, 0.3) is 11.7 Å². The van der Waals surface area contributed by atoms with Crippen LogP contribution in [0.1, 0.15) is 28.4 Å². The number of methoxy groups -OCH3 is 1. The number of fused-ring (bicyclic) bond motifs is 2. The number of hydrogen-bond acceptors (Lipinski definition) is 5. The van der Waals surface area contributed by atoms with E-state index in [0.717, 1.165) is 39.9 Å². The molecule has 1 atom stereocenters. The van der Waals surface area contributed by atoms with E-state index in [2.05, 4.69) is 4.98 Å². The first kappa shape index (κ1) is 22.0. The summed E-state index contributed by atoms with van der Waals surface area (Å²) in [6.07, 6.45) is 0.724. The summed E-state index contributed by atoms with van der Waals surface area (Å²) in [6, 6.07) is 19.2. The average molecular weight is 481 g/mol. The number of ether oxygens (including phenoxy) is 2. The number of rotatable bonds is 4. The molecule has 7 heteroatoms. The fourth-order valence-electron chi connectivity index (χ4n) is 5.25. The summed E-state index contributed by atoms with van der Waals surface area (Å²) in [5.74, 6) is -0.214. The van der Waals surface area contributed by atoms with E-state index in [-0.39, 0.29) is 11.3 Å². The van der Waals surface area contributed by atoms with E-state index in [1.165, 1.54) is 4.90 Å². The number of anilines is 1. The lowest BCUT2D eigenvalue weighted by molar-refractivity contribution is -0.132. The number of aryl methyl sites for hydroxylation is 1. The van der Waals surface area contributed by atoms with Crippen molar-refractivity contribution in [1.29, 1.82) is 0 Å². The van der Waals surface area contributed by atoms with Crippen LogP contribution in [0.25, 0.3) is 16.7 Å². The fraction of sp³-hybridized carbons (Fsp3) is 0.172. The Bertz CT molecular complexity index is 1560. The Morgan fingerprint density at radius 2 is 1.86 bits per heavy atom. The van der Waals surface area contributed by atoms with Gasteiger partial charge in [-0.2, -0.15) is 0 Å². The lowest BCUT2D eigenvalue weighted by Gasteiger charge is -2.26. The number of carbonyl (C=O) groups excluding carboxylic acids is 2. The third kappa shape index (κ3) is 3.27. The summed E-state index contributed by atoms with van der Waals surface area (Å²) in [5.41, 5.74) is 4.51. The van der Waals surface area contributed by atoms with E-state index in [1.807, 2.05) is 37.3 Å². The number of Topliss-reactive ketones (excluding diaryl/α,β-unsaturated/α-hetero) is 1. The van der Waals surface area contributed by atoms with Gasteiger partial charge in [0.2, 0.25) is 0 Å². The van der Waals surface area contributed by atoms with Gasteiger partial charge in [0.05, 0.1) is 25.3 Å². The SMILES string of the molecule is COc1ccc(N2C(=O)C(=O)/C(=C(/O)c3ccc4c(c3)CCO4)C2c2c(C)[nH]c3ccccc23)cc1. The molecule has 0 saturated carbocycles. The van der Waals surface area contributed by atoms with Gasteiger partial charge in [0, 0.05) is 39.8 Å². The monoisotopic (exact) mass is 480 g/mol. The molecule has 0 radical (unpaired) electrons. The smallest absolute Gasteiger partial charge is 0.300 e. The van der Waals surface area contributed by atoms with Crippen molar-refractivity contribution in [2.75, 3.05) is 18.6 Å². The molecule has 6 rings (SSSR count). The van der Waals surface area contributed by atoms with Gasteiger partial charge in [0.15, 0.2) is 0 Å². The zero-order valence-electron chi connectivity index (χ0n) is 19.9. The standard InChI is InChI=1S/C29H24N2O5/c1-16-24(21-5-3-4-6-22(21)30-16)26-25(27(32)18-7-12-23-17(15-18)13-14-36-23)28(33)29(34)31(26)19-8-10-20(35-2)11-9-19/h3-12,15,26,30,32H,13-14H2,1-2H3/b27-25+. The summed E-state index contributed by atoms with van der Waals surface area (Å²) >= 11 is 0. The van der Waals surface area contributed by atoms with Crippen LogP contribution < -0.4 is 14.4 Å². The van der Waals surface area contributed by atoms with E-state index in [9.17, 15) is 14.7 Å². The van der Waals surface area contributed by atoms with Crippen LogP contribution in [-0.4, -0.2) is 35.5 Å². The molecular formula is C29H24N2O5. The fourth-order valence-corrected chi connectivity index (χ4v) is 5.25. The highest BCUT2D eigenvalue weighted by Crippen LogP contribution is 2.46. The zero-order valence-corrected chi connectivity index (χ0v) is 19.9. The highest BCUT2D eigenvalue weighted by Gasteiger charge is 2.48. The van der Waals surface area contributed by atoms with Gasteiger partial charge in [-0.1, -0.05) is 18.2 Å². The largest absolute Gasteiger partial charge is 0.507 e. The minimum Gasteiger partial charge on any atom is -0.507 e. The molecule has 2 aliphatic heterocycles. The number of H-pyrrole nitrogens is 1. The molecule has 0 aliphatic carbocycles. The molecular weight excluding hydrogens is 456 g/mol. The van der Waals surface area contributed by atoms with Crippen molar-refractivity contribution in [2.45, 2.75) is 19.4 Å². The maximum Gasteiger partial charge on any atom is 0.300 e. The van der Waals surface area contributed by atoms with E-state index >= 15 is 0 Å². The van der Waals surface area contributed by atoms with Gasteiger partial charge >= 0.3 is 0 Å². The maximum atomic E-state index is 13.5. The van der Waals surface area contributed by atoms with Gasteiger partial charge in [0.1, 0.15) is 17.3 Å². The number of hydrogen-bond donors (Lipinski definition) is 2.